The fraction of sp³-hybridized carbons (Fsp3) is 0.400. The van der Waals surface area contributed by atoms with Gasteiger partial charge >= 0.3 is 0 Å². The Balaban J connectivity index is 2.08. The monoisotopic (exact) mass is 244 g/mol. The second-order valence-electron chi connectivity index (χ2n) is 4.99. The predicted octanol–water partition coefficient (Wildman–Crippen LogP) is 3.20. The van der Waals surface area contributed by atoms with Crippen molar-refractivity contribution in [2.24, 2.45) is 0 Å². The van der Waals surface area contributed by atoms with Gasteiger partial charge in [-0.1, -0.05) is 31.5 Å². The Morgan fingerprint density at radius 2 is 2.00 bits per heavy atom. The zero-order chi connectivity index (χ0) is 13.0. The van der Waals surface area contributed by atoms with Gasteiger partial charge in [0.05, 0.1) is 11.1 Å². The van der Waals surface area contributed by atoms with E-state index in [0.717, 1.165) is 29.6 Å². The van der Waals surface area contributed by atoms with Crippen LogP contribution in [0.3, 0.4) is 0 Å². The largest absolute Gasteiger partial charge is 0.388 e. The van der Waals surface area contributed by atoms with Crippen LogP contribution in [0.5, 0.6) is 0 Å². The van der Waals surface area contributed by atoms with Crippen molar-refractivity contribution in [1.29, 1.82) is 0 Å². The molecule has 0 fully saturated rings. The maximum Gasteiger partial charge on any atom is 0.126 e. The Kier molecular flexibility index (Phi) is 3.82. The molecule has 0 bridgehead atoms. The number of nitrogens with one attached hydrogen (secondary N) is 1. The molecule has 1 heterocycles. The third-order valence-corrected chi connectivity index (χ3v) is 3.04. The topological polar surface area (TPSA) is 45.1 Å². The van der Waals surface area contributed by atoms with Gasteiger partial charge < -0.3 is 10.4 Å². The Hall–Kier alpha value is -1.61. The van der Waals surface area contributed by atoms with E-state index in [-0.39, 0.29) is 0 Å². The van der Waals surface area contributed by atoms with E-state index in [1.807, 2.05) is 43.3 Å². The lowest BCUT2D eigenvalue weighted by Crippen LogP contribution is -2.33. The predicted molar refractivity (Wildman–Crippen MR) is 75.8 cm³/mol. The molecule has 18 heavy (non-hydrogen) atoms. The molecule has 0 saturated heterocycles. The average molecular weight is 244 g/mol. The van der Waals surface area contributed by atoms with E-state index in [1.165, 1.54) is 0 Å². The van der Waals surface area contributed by atoms with Gasteiger partial charge in [0.1, 0.15) is 5.82 Å². The van der Waals surface area contributed by atoms with E-state index in [0.29, 0.717) is 6.54 Å². The van der Waals surface area contributed by atoms with Gasteiger partial charge in [0, 0.05) is 11.9 Å². The molecule has 3 heteroatoms. The number of benzene rings is 1. The number of anilines is 1. The summed E-state index contributed by atoms with van der Waals surface area (Å²) in [7, 11) is 0. The molecule has 1 aromatic heterocycles. The van der Waals surface area contributed by atoms with Gasteiger partial charge in [-0.25, -0.2) is 4.98 Å². The molecule has 1 unspecified atom stereocenters. The van der Waals surface area contributed by atoms with Crippen LogP contribution >= 0.6 is 0 Å². The van der Waals surface area contributed by atoms with Crippen LogP contribution in [-0.2, 0) is 0 Å². The quantitative estimate of drug-likeness (QED) is 0.849. The molecule has 0 aliphatic rings. The van der Waals surface area contributed by atoms with Gasteiger partial charge in [-0.3, -0.25) is 0 Å². The highest BCUT2D eigenvalue weighted by Gasteiger charge is 2.18. The number of aliphatic hydroxyl groups is 1. The molecule has 2 N–H and O–H groups in total. The van der Waals surface area contributed by atoms with Gasteiger partial charge in [0.2, 0.25) is 0 Å². The van der Waals surface area contributed by atoms with Crippen LogP contribution in [0.25, 0.3) is 10.9 Å². The lowest BCUT2D eigenvalue weighted by atomic mass is 10.0. The van der Waals surface area contributed by atoms with E-state index in [9.17, 15) is 5.11 Å². The first kappa shape index (κ1) is 12.8. The molecule has 0 spiro atoms. The number of rotatable bonds is 5. The second-order valence-corrected chi connectivity index (χ2v) is 4.99. The number of nitrogens with zero attached hydrogens (tertiary/aromatic N) is 1. The van der Waals surface area contributed by atoms with Crippen molar-refractivity contribution in [1.82, 2.24) is 4.98 Å². The van der Waals surface area contributed by atoms with E-state index < -0.39 is 5.60 Å². The van der Waals surface area contributed by atoms with Crippen LogP contribution in [0, 0.1) is 0 Å². The Morgan fingerprint density at radius 1 is 1.22 bits per heavy atom. The van der Waals surface area contributed by atoms with Crippen molar-refractivity contribution in [3.8, 4) is 0 Å². The van der Waals surface area contributed by atoms with Crippen LogP contribution in [0.4, 0.5) is 5.82 Å². The van der Waals surface area contributed by atoms with Gasteiger partial charge in [0.15, 0.2) is 0 Å². The van der Waals surface area contributed by atoms with Crippen LogP contribution in [-0.4, -0.2) is 22.2 Å². The molecule has 2 rings (SSSR count). The summed E-state index contributed by atoms with van der Waals surface area (Å²) in [5, 5.41) is 14.4. The minimum atomic E-state index is -0.678. The molecule has 0 aliphatic carbocycles. The van der Waals surface area contributed by atoms with Gasteiger partial charge in [-0.2, -0.15) is 0 Å². The summed E-state index contributed by atoms with van der Waals surface area (Å²) in [6.45, 7) is 4.44. The van der Waals surface area contributed by atoms with Crippen molar-refractivity contribution in [2.45, 2.75) is 32.3 Å². The van der Waals surface area contributed by atoms with Crippen molar-refractivity contribution < 1.29 is 5.11 Å². The summed E-state index contributed by atoms with van der Waals surface area (Å²) in [6, 6.07) is 12.0. The summed E-state index contributed by atoms with van der Waals surface area (Å²) < 4.78 is 0. The smallest absolute Gasteiger partial charge is 0.126 e. The zero-order valence-corrected chi connectivity index (χ0v) is 11.0. The fourth-order valence-corrected chi connectivity index (χ4v) is 2.07. The summed E-state index contributed by atoms with van der Waals surface area (Å²) in [5.41, 5.74) is 0.292. The molecular weight excluding hydrogens is 224 g/mol. The fourth-order valence-electron chi connectivity index (χ4n) is 2.07. The molecule has 0 radical (unpaired) electrons. The average Bonchev–Trinajstić information content (AvgIpc) is 2.36. The number of para-hydroxylation sites is 1. The van der Waals surface area contributed by atoms with Crippen molar-refractivity contribution >= 4 is 16.7 Å². The first-order valence-corrected chi connectivity index (χ1v) is 6.43. The number of hydrogen-bond acceptors (Lipinski definition) is 3. The van der Waals surface area contributed by atoms with E-state index in [1.54, 1.807) is 0 Å². The van der Waals surface area contributed by atoms with Crippen LogP contribution in [0.2, 0.25) is 0 Å². The third kappa shape index (κ3) is 3.20. The van der Waals surface area contributed by atoms with E-state index in [2.05, 4.69) is 17.2 Å². The maximum atomic E-state index is 10.1. The highest BCUT2D eigenvalue weighted by molar-refractivity contribution is 5.80. The van der Waals surface area contributed by atoms with Gasteiger partial charge in [-0.05, 0) is 31.5 Å². The third-order valence-electron chi connectivity index (χ3n) is 3.04. The first-order valence-electron chi connectivity index (χ1n) is 6.43. The van der Waals surface area contributed by atoms with Gasteiger partial charge in [0.25, 0.3) is 0 Å². The lowest BCUT2D eigenvalue weighted by Gasteiger charge is -2.23. The molecule has 1 aromatic carbocycles. The van der Waals surface area contributed by atoms with E-state index >= 15 is 0 Å². The maximum absolute atomic E-state index is 10.1. The minimum absolute atomic E-state index is 0.520. The number of hydrogen-bond donors (Lipinski definition) is 2. The van der Waals surface area contributed by atoms with Crippen LogP contribution in [0.1, 0.15) is 26.7 Å². The second kappa shape index (κ2) is 5.36. The molecular formula is C15H20N2O. The molecule has 0 aliphatic heterocycles. The Morgan fingerprint density at radius 3 is 2.78 bits per heavy atom. The summed E-state index contributed by atoms with van der Waals surface area (Å²) in [5.74, 6) is 0.810. The van der Waals surface area contributed by atoms with Crippen LogP contribution < -0.4 is 5.32 Å². The molecule has 0 amide bonds. The minimum Gasteiger partial charge on any atom is -0.388 e. The summed E-state index contributed by atoms with van der Waals surface area (Å²) >= 11 is 0. The highest BCUT2D eigenvalue weighted by atomic mass is 16.3. The summed E-state index contributed by atoms with van der Waals surface area (Å²) in [4.78, 5) is 4.52. The summed E-state index contributed by atoms with van der Waals surface area (Å²) in [6.07, 6.45) is 1.76. The molecule has 1 atom stereocenters. The van der Waals surface area contributed by atoms with Crippen molar-refractivity contribution in [2.75, 3.05) is 11.9 Å². The molecule has 3 nitrogen and oxygen atoms in total. The van der Waals surface area contributed by atoms with E-state index in [4.69, 9.17) is 0 Å². The number of pyridine rings is 1. The SMILES string of the molecule is CCCC(C)(O)CNc1ccc2ccccc2n1. The normalized spacial score (nSPS) is 14.4. The Labute approximate surface area is 108 Å². The van der Waals surface area contributed by atoms with Crippen molar-refractivity contribution in [3.05, 3.63) is 36.4 Å². The van der Waals surface area contributed by atoms with Crippen molar-refractivity contribution in [3.63, 3.8) is 0 Å². The van der Waals surface area contributed by atoms with Gasteiger partial charge in [-0.15, -0.1) is 0 Å². The molecule has 96 valence electrons. The van der Waals surface area contributed by atoms with Crippen LogP contribution in [0.15, 0.2) is 36.4 Å². The number of fused-ring (bicyclic) bond motifs is 1. The number of aromatic nitrogens is 1. The highest BCUT2D eigenvalue weighted by Crippen LogP contribution is 2.16. The molecule has 0 saturated carbocycles. The Bertz CT molecular complexity index is 523. The zero-order valence-electron chi connectivity index (χ0n) is 11.0. The first-order chi connectivity index (χ1) is 8.61. The molecule has 2 aromatic rings. The standard InChI is InChI=1S/C15H20N2O/c1-3-10-15(2,18)11-16-14-9-8-12-6-4-5-7-13(12)17-14/h4-9,18H,3,10-11H2,1-2H3,(H,16,17). The lowest BCUT2D eigenvalue weighted by molar-refractivity contribution is 0.0636.